The minimum absolute atomic E-state index is 0.688. The largest absolute Gasteiger partial charge is 0.395 e. The molecule has 4 nitrogen and oxygen atoms in total. The van der Waals surface area contributed by atoms with Crippen molar-refractivity contribution in [2.45, 2.75) is 32.4 Å². The van der Waals surface area contributed by atoms with Crippen molar-refractivity contribution >= 4 is 17.1 Å². The Hall–Kier alpha value is -0.246. The summed E-state index contributed by atoms with van der Waals surface area (Å²) in [5, 5.41) is 0. The molecule has 0 amide bonds. The van der Waals surface area contributed by atoms with E-state index in [2.05, 4.69) is 37.4 Å². The van der Waals surface area contributed by atoms with Crippen LogP contribution in [-0.2, 0) is 17.7 Å². The van der Waals surface area contributed by atoms with Gasteiger partial charge in [0.05, 0.1) is 0 Å². The van der Waals surface area contributed by atoms with E-state index in [1.807, 2.05) is 0 Å². The van der Waals surface area contributed by atoms with Crippen LogP contribution >= 0.6 is 0 Å². The predicted octanol–water partition coefficient (Wildman–Crippen LogP) is 3.01. The lowest BCUT2D eigenvalue weighted by Crippen LogP contribution is -2.51. The summed E-state index contributed by atoms with van der Waals surface area (Å²) in [5.41, 5.74) is 4.84. The minimum Gasteiger partial charge on any atom is -0.395 e. The summed E-state index contributed by atoms with van der Waals surface area (Å²) < 4.78 is 22.8. The number of hydrogen-bond acceptors (Lipinski definition) is 4. The molecule has 0 aromatic rings. The minimum atomic E-state index is -2.41. The van der Waals surface area contributed by atoms with Crippen LogP contribution in [-0.4, -0.2) is 45.6 Å². The Morgan fingerprint density at radius 2 is 1.00 bits per heavy atom. The van der Waals surface area contributed by atoms with Gasteiger partial charge < -0.3 is 17.7 Å². The van der Waals surface area contributed by atoms with Crippen LogP contribution < -0.4 is 0 Å². The molecule has 112 valence electrons. The summed E-state index contributed by atoms with van der Waals surface area (Å²) in [6.07, 6.45) is 6.10. The molecular formula is C13H28O4Si2. The molecule has 0 bridgehead atoms. The summed E-state index contributed by atoms with van der Waals surface area (Å²) in [5.74, 6) is 0. The number of rotatable bonds is 10. The molecule has 0 saturated heterocycles. The zero-order chi connectivity index (χ0) is 14.8. The summed E-state index contributed by atoms with van der Waals surface area (Å²) in [4.78, 5) is 0. The van der Waals surface area contributed by atoms with Gasteiger partial charge in [-0.2, -0.15) is 0 Å². The SMILES string of the molecule is CCC=C[Si](C[Si](C=CCC)(OC)OC)(OC)OC. The van der Waals surface area contributed by atoms with Gasteiger partial charge >= 0.3 is 17.1 Å². The highest BCUT2D eigenvalue weighted by molar-refractivity contribution is 6.90. The van der Waals surface area contributed by atoms with Crippen LogP contribution in [0.3, 0.4) is 0 Å². The van der Waals surface area contributed by atoms with Crippen LogP contribution in [0.2, 0.25) is 5.67 Å². The van der Waals surface area contributed by atoms with Gasteiger partial charge in [0.15, 0.2) is 0 Å². The lowest BCUT2D eigenvalue weighted by molar-refractivity contribution is 0.234. The lowest BCUT2D eigenvalue weighted by atomic mass is 10.5. The topological polar surface area (TPSA) is 36.9 Å². The Morgan fingerprint density at radius 3 is 1.21 bits per heavy atom. The molecule has 0 N–H and O–H groups in total. The van der Waals surface area contributed by atoms with Crippen molar-refractivity contribution < 1.29 is 17.7 Å². The molecule has 0 rings (SSSR count). The molecule has 6 heteroatoms. The van der Waals surface area contributed by atoms with Crippen molar-refractivity contribution in [2.75, 3.05) is 28.4 Å². The van der Waals surface area contributed by atoms with E-state index in [0.717, 1.165) is 12.8 Å². The van der Waals surface area contributed by atoms with Crippen molar-refractivity contribution in [3.8, 4) is 0 Å². The van der Waals surface area contributed by atoms with Crippen molar-refractivity contribution in [3.63, 3.8) is 0 Å². The first-order chi connectivity index (χ1) is 9.07. The Kier molecular flexibility index (Phi) is 9.50. The maximum Gasteiger partial charge on any atom is 0.366 e. The fourth-order valence-electron chi connectivity index (χ4n) is 1.78. The van der Waals surface area contributed by atoms with E-state index >= 15 is 0 Å². The van der Waals surface area contributed by atoms with Crippen molar-refractivity contribution in [2.24, 2.45) is 0 Å². The van der Waals surface area contributed by atoms with E-state index in [1.165, 1.54) is 0 Å². The van der Waals surface area contributed by atoms with Crippen LogP contribution in [0.5, 0.6) is 0 Å². The van der Waals surface area contributed by atoms with E-state index in [9.17, 15) is 0 Å². The first-order valence-electron chi connectivity index (χ1n) is 6.63. The molecule has 0 unspecified atom stereocenters. The van der Waals surface area contributed by atoms with Gasteiger partial charge in [-0.25, -0.2) is 0 Å². The second kappa shape index (κ2) is 9.63. The Bertz CT molecular complexity index is 256. The molecule has 0 aromatic heterocycles. The predicted molar refractivity (Wildman–Crippen MR) is 83.2 cm³/mol. The molecule has 0 saturated carbocycles. The maximum absolute atomic E-state index is 5.70. The fraction of sp³-hybridized carbons (Fsp3) is 0.692. The van der Waals surface area contributed by atoms with E-state index in [4.69, 9.17) is 17.7 Å². The van der Waals surface area contributed by atoms with E-state index in [-0.39, 0.29) is 0 Å². The fourth-order valence-corrected chi connectivity index (χ4v) is 9.85. The summed E-state index contributed by atoms with van der Waals surface area (Å²) in [6.45, 7) is 4.19. The van der Waals surface area contributed by atoms with Gasteiger partial charge in [-0.15, -0.1) is 0 Å². The van der Waals surface area contributed by atoms with Crippen LogP contribution in [0.25, 0.3) is 0 Å². The highest BCUT2D eigenvalue weighted by Crippen LogP contribution is 2.25. The lowest BCUT2D eigenvalue weighted by Gasteiger charge is -2.32. The monoisotopic (exact) mass is 304 g/mol. The summed E-state index contributed by atoms with van der Waals surface area (Å²) in [6, 6.07) is 0. The van der Waals surface area contributed by atoms with Crippen LogP contribution in [0.4, 0.5) is 0 Å². The molecule has 0 aliphatic rings. The molecule has 0 atom stereocenters. The Morgan fingerprint density at radius 1 is 0.684 bits per heavy atom. The molecule has 0 spiro atoms. The Balaban J connectivity index is 5.24. The second-order valence-electron chi connectivity index (χ2n) is 4.24. The van der Waals surface area contributed by atoms with Crippen molar-refractivity contribution in [1.29, 1.82) is 0 Å². The highest BCUT2D eigenvalue weighted by Gasteiger charge is 2.46. The zero-order valence-corrected chi connectivity index (χ0v) is 15.1. The highest BCUT2D eigenvalue weighted by atomic mass is 28.4. The molecule has 0 aliphatic heterocycles. The summed E-state index contributed by atoms with van der Waals surface area (Å²) in [7, 11) is 1.97. The first-order valence-corrected chi connectivity index (χ1v) is 10.8. The van der Waals surface area contributed by atoms with Gasteiger partial charge in [0, 0.05) is 34.1 Å². The summed E-state index contributed by atoms with van der Waals surface area (Å²) >= 11 is 0. The van der Waals surface area contributed by atoms with Gasteiger partial charge in [0.1, 0.15) is 0 Å². The van der Waals surface area contributed by atoms with Crippen LogP contribution in [0, 0.1) is 0 Å². The normalized spacial score (nSPS) is 13.8. The molecule has 0 radical (unpaired) electrons. The molecule has 0 heterocycles. The average Bonchev–Trinajstić information content (AvgIpc) is 2.48. The van der Waals surface area contributed by atoms with E-state index in [1.54, 1.807) is 28.4 Å². The van der Waals surface area contributed by atoms with Gasteiger partial charge in [-0.05, 0) is 24.2 Å². The van der Waals surface area contributed by atoms with E-state index < -0.39 is 17.1 Å². The number of allylic oxidation sites excluding steroid dienone is 2. The van der Waals surface area contributed by atoms with Crippen LogP contribution in [0.1, 0.15) is 26.7 Å². The van der Waals surface area contributed by atoms with Crippen LogP contribution in [0.15, 0.2) is 23.6 Å². The smallest absolute Gasteiger partial charge is 0.366 e. The van der Waals surface area contributed by atoms with Crippen molar-refractivity contribution in [3.05, 3.63) is 23.6 Å². The van der Waals surface area contributed by atoms with Gasteiger partial charge in [0.2, 0.25) is 0 Å². The first kappa shape index (κ1) is 18.8. The van der Waals surface area contributed by atoms with Crippen molar-refractivity contribution in [1.82, 2.24) is 0 Å². The zero-order valence-electron chi connectivity index (χ0n) is 13.1. The molecule has 19 heavy (non-hydrogen) atoms. The number of hydrogen-bond donors (Lipinski definition) is 0. The molecule has 0 fully saturated rings. The third kappa shape index (κ3) is 5.72. The third-order valence-corrected chi connectivity index (χ3v) is 11.3. The second-order valence-corrected chi connectivity index (χ2v) is 11.2. The molecule has 0 aliphatic carbocycles. The standard InChI is InChI=1S/C13H28O4Si2/c1-7-9-11-18(14-3,15-4)13-19(16-5,17-6)12-10-8-2/h9-12H,7-8,13H2,1-6H3. The van der Waals surface area contributed by atoms with E-state index in [0.29, 0.717) is 5.67 Å². The maximum atomic E-state index is 5.70. The molecular weight excluding hydrogens is 276 g/mol. The van der Waals surface area contributed by atoms with Gasteiger partial charge in [0.25, 0.3) is 0 Å². The molecule has 0 aromatic carbocycles. The van der Waals surface area contributed by atoms with Gasteiger partial charge in [-0.3, -0.25) is 0 Å². The van der Waals surface area contributed by atoms with Gasteiger partial charge in [-0.1, -0.05) is 26.0 Å². The quantitative estimate of drug-likeness (QED) is 0.581. The average molecular weight is 305 g/mol. The third-order valence-electron chi connectivity index (χ3n) is 3.09. The Labute approximate surface area is 119 Å².